The van der Waals surface area contributed by atoms with E-state index in [0.717, 1.165) is 5.56 Å². The van der Waals surface area contributed by atoms with Crippen LogP contribution in [0.4, 0.5) is 4.39 Å². The number of hydrogen-bond acceptors (Lipinski definition) is 12. The van der Waals surface area contributed by atoms with Crippen molar-refractivity contribution in [2.45, 2.75) is 195 Å². The van der Waals surface area contributed by atoms with E-state index in [1.54, 1.807) is 131 Å². The van der Waals surface area contributed by atoms with Gasteiger partial charge in [-0.15, -0.1) is 0 Å². The van der Waals surface area contributed by atoms with Gasteiger partial charge in [-0.1, -0.05) is 115 Å². The van der Waals surface area contributed by atoms with E-state index in [9.17, 15) is 9.59 Å². The number of benzene rings is 4. The van der Waals surface area contributed by atoms with Crippen LogP contribution in [0, 0.1) is 24.1 Å². The third kappa shape index (κ3) is 19.7. The number of hydrogen-bond donors (Lipinski definition) is 3. The van der Waals surface area contributed by atoms with Gasteiger partial charge in [-0.2, -0.15) is 0 Å². The number of carbonyl (C=O) groups excluding carboxylic acids is 6. The van der Waals surface area contributed by atoms with Crippen molar-refractivity contribution in [2.75, 3.05) is 6.61 Å². The van der Waals surface area contributed by atoms with E-state index in [-0.39, 0.29) is 23.6 Å². The molecule has 8 atom stereocenters. The summed E-state index contributed by atoms with van der Waals surface area (Å²) in [4.78, 5) is 88.4. The van der Waals surface area contributed by atoms with E-state index in [4.69, 9.17) is 41.0 Å². The monoisotopic (exact) mass is 1110 g/mol. The molecule has 0 radical (unpaired) electrons. The van der Waals surface area contributed by atoms with Crippen LogP contribution in [0.2, 0.25) is 5.02 Å². The van der Waals surface area contributed by atoms with Crippen molar-refractivity contribution >= 4 is 46.9 Å². The Kier molecular flexibility index (Phi) is 22.5. The highest BCUT2D eigenvalue weighted by atomic mass is 35.5. The molecule has 79 heavy (non-hydrogen) atoms. The topological polar surface area (TPSA) is 199 Å². The fraction of sp³-hybridized carbons (Fsp3) is 0.524. The molecule has 4 rings (SSSR count). The third-order valence-electron chi connectivity index (χ3n) is 12.8. The maximum absolute atomic E-state index is 15.5. The standard InChI is InChI=1S/C63H85ClFN3O11/c1-39-30-32-45(33-31-39)63(44-25-18-17-19-26-44,46-27-21-22-28-47(46)64)79-56(73)49(35-52(71)78-61(13,14)15)67-55(72)43(38-75-58(4,5)6)34-50(69)54(41(3)77-60(10,11)12)68-57(74)62(16,36-42-24-20-23-29-48(42)65)37-51(70)53(66)40(2)76-59(7,8)9/h17-33,40-41,43,49,53-54H,34-38,66H2,1-16H3,(H,67,72)(H,68,74)/t40-,41-,43+,49+,53+,54+,62-,63?/m1/s1. The van der Waals surface area contributed by atoms with Crippen LogP contribution in [0.15, 0.2) is 103 Å². The second-order valence-electron chi connectivity index (χ2n) is 24.8. The maximum atomic E-state index is 15.5. The molecule has 4 aromatic carbocycles. The van der Waals surface area contributed by atoms with Crippen LogP contribution < -0.4 is 16.4 Å². The molecule has 0 saturated carbocycles. The van der Waals surface area contributed by atoms with Crippen LogP contribution in [0.3, 0.4) is 0 Å². The van der Waals surface area contributed by atoms with Crippen molar-refractivity contribution in [3.8, 4) is 0 Å². The number of amides is 2. The van der Waals surface area contributed by atoms with Crippen LogP contribution >= 0.6 is 11.6 Å². The Morgan fingerprint density at radius 2 is 1.16 bits per heavy atom. The lowest BCUT2D eigenvalue weighted by Gasteiger charge is -2.37. The highest BCUT2D eigenvalue weighted by Gasteiger charge is 2.46. The van der Waals surface area contributed by atoms with Crippen LogP contribution in [-0.2, 0) is 64.5 Å². The first-order valence-corrected chi connectivity index (χ1v) is 27.3. The van der Waals surface area contributed by atoms with Gasteiger partial charge in [0.1, 0.15) is 23.5 Å². The summed E-state index contributed by atoms with van der Waals surface area (Å²) in [5, 5.41) is 5.86. The highest BCUT2D eigenvalue weighted by Crippen LogP contribution is 2.44. The highest BCUT2D eigenvalue weighted by molar-refractivity contribution is 6.31. The van der Waals surface area contributed by atoms with E-state index in [1.165, 1.54) is 25.1 Å². The van der Waals surface area contributed by atoms with Gasteiger partial charge >= 0.3 is 11.9 Å². The fourth-order valence-electron chi connectivity index (χ4n) is 9.14. The van der Waals surface area contributed by atoms with Gasteiger partial charge < -0.3 is 40.1 Å². The SMILES string of the molecule is Cc1ccc(C(OC(=O)[C@H](CC(=O)OC(C)(C)C)NC(=O)[C@H](COC(C)(C)C)CC(=O)[C@@H](NC(=O)[C@@](C)(CC(=O)[C@@H](N)[C@@H](C)OC(C)(C)C)Cc2ccccc2F)[C@@H](C)OC(C)(C)C)(c2ccccc2)c2ccccc2Cl)cc1. The molecular weight excluding hydrogens is 1030 g/mol. The molecule has 0 aliphatic heterocycles. The van der Waals surface area contributed by atoms with E-state index < -0.39 is 130 Å². The summed E-state index contributed by atoms with van der Waals surface area (Å²) in [5.41, 5.74) is 2.17. The first kappa shape index (κ1) is 65.7. The number of rotatable bonds is 25. The van der Waals surface area contributed by atoms with Crippen LogP contribution in [0.5, 0.6) is 0 Å². The van der Waals surface area contributed by atoms with Crippen molar-refractivity contribution in [1.82, 2.24) is 10.6 Å². The molecular formula is C63H85ClFN3O11. The van der Waals surface area contributed by atoms with Gasteiger partial charge in [-0.3, -0.25) is 24.0 Å². The van der Waals surface area contributed by atoms with Crippen LogP contribution in [0.1, 0.15) is 151 Å². The number of nitrogens with one attached hydrogen (secondary N) is 2. The Labute approximate surface area is 472 Å². The first-order valence-electron chi connectivity index (χ1n) is 26.9. The quantitative estimate of drug-likeness (QED) is 0.0420. The van der Waals surface area contributed by atoms with Gasteiger partial charge in [0.15, 0.2) is 17.2 Å². The molecule has 16 heteroatoms. The number of nitrogens with two attached hydrogens (primary N) is 1. The second-order valence-corrected chi connectivity index (χ2v) is 25.2. The van der Waals surface area contributed by atoms with Gasteiger partial charge in [0, 0.05) is 34.6 Å². The van der Waals surface area contributed by atoms with E-state index in [1.807, 2.05) is 58.0 Å². The summed E-state index contributed by atoms with van der Waals surface area (Å²) in [5.74, 6) is -6.71. The summed E-state index contributed by atoms with van der Waals surface area (Å²) < 4.78 is 46.4. The van der Waals surface area contributed by atoms with Gasteiger partial charge in [-0.25, -0.2) is 9.18 Å². The number of esters is 2. The Bertz CT molecular complexity index is 2730. The molecule has 0 aliphatic carbocycles. The number of halogens is 2. The zero-order valence-corrected chi connectivity index (χ0v) is 49.9. The molecule has 4 N–H and O–H groups in total. The molecule has 0 fully saturated rings. The number of ketones is 2. The Hall–Kier alpha value is -5.84. The van der Waals surface area contributed by atoms with Gasteiger partial charge in [0.25, 0.3) is 0 Å². The van der Waals surface area contributed by atoms with Crippen molar-refractivity contribution in [3.63, 3.8) is 0 Å². The van der Waals surface area contributed by atoms with Gasteiger partial charge in [-0.05, 0) is 128 Å². The average molecular weight is 1110 g/mol. The molecule has 0 heterocycles. The smallest absolute Gasteiger partial charge is 0.330 e. The maximum Gasteiger partial charge on any atom is 0.330 e. The molecule has 0 saturated heterocycles. The summed E-state index contributed by atoms with van der Waals surface area (Å²) in [6.07, 6.45) is -3.82. The molecule has 1 unspecified atom stereocenters. The normalized spacial score (nSPS) is 16.1. The van der Waals surface area contributed by atoms with E-state index in [2.05, 4.69) is 10.6 Å². The Morgan fingerprint density at radius 3 is 1.72 bits per heavy atom. The van der Waals surface area contributed by atoms with Crippen molar-refractivity contribution in [3.05, 3.63) is 142 Å². The number of ether oxygens (including phenoxy) is 5. The summed E-state index contributed by atoms with van der Waals surface area (Å²) in [6.45, 7) is 27.3. The number of carbonyl (C=O) groups is 6. The largest absolute Gasteiger partial charge is 0.460 e. The van der Waals surface area contributed by atoms with Gasteiger partial charge in [0.2, 0.25) is 11.8 Å². The number of aryl methyl sites for hydroxylation is 1. The van der Waals surface area contributed by atoms with Crippen molar-refractivity contribution in [2.24, 2.45) is 17.1 Å². The zero-order chi connectivity index (χ0) is 59.5. The minimum atomic E-state index is -1.74. The fourth-order valence-corrected chi connectivity index (χ4v) is 9.41. The van der Waals surface area contributed by atoms with Gasteiger partial charge in [0.05, 0.1) is 59.4 Å². The Morgan fingerprint density at radius 1 is 0.620 bits per heavy atom. The minimum Gasteiger partial charge on any atom is -0.460 e. The summed E-state index contributed by atoms with van der Waals surface area (Å²) >= 11 is 7.00. The van der Waals surface area contributed by atoms with E-state index >= 15 is 23.6 Å². The lowest BCUT2D eigenvalue weighted by molar-refractivity contribution is -0.165. The molecule has 0 aliphatic rings. The molecule has 4 aromatic rings. The van der Waals surface area contributed by atoms with Crippen molar-refractivity contribution < 1.29 is 56.8 Å². The lowest BCUT2D eigenvalue weighted by atomic mass is 9.76. The van der Waals surface area contributed by atoms with Crippen LogP contribution in [0.25, 0.3) is 0 Å². The molecule has 432 valence electrons. The molecule has 0 bridgehead atoms. The minimum absolute atomic E-state index is 0.143. The number of Topliss-reactive ketones (excluding diaryl/α,β-unsaturated/α-hetero) is 2. The predicted molar refractivity (Wildman–Crippen MR) is 305 cm³/mol. The summed E-state index contributed by atoms with van der Waals surface area (Å²) in [7, 11) is 0. The van der Waals surface area contributed by atoms with Crippen LogP contribution in [-0.4, -0.2) is 94.7 Å². The average Bonchev–Trinajstić information content (AvgIpc) is 3.37. The molecule has 2 amide bonds. The predicted octanol–water partition coefficient (Wildman–Crippen LogP) is 10.7. The Balaban J connectivity index is 1.83. The zero-order valence-electron chi connectivity index (χ0n) is 49.1. The third-order valence-corrected chi connectivity index (χ3v) is 13.1. The molecule has 14 nitrogen and oxygen atoms in total. The molecule has 0 aromatic heterocycles. The molecule has 0 spiro atoms. The van der Waals surface area contributed by atoms with E-state index in [0.29, 0.717) is 16.7 Å². The summed E-state index contributed by atoms with van der Waals surface area (Å²) in [6, 6.07) is 24.7. The first-order chi connectivity index (χ1) is 36.4. The van der Waals surface area contributed by atoms with Crippen molar-refractivity contribution in [1.29, 1.82) is 0 Å². The second kappa shape index (κ2) is 27.1. The lowest BCUT2D eigenvalue weighted by Crippen LogP contribution is -2.56.